The van der Waals surface area contributed by atoms with Gasteiger partial charge in [-0.05, 0) is 66.5 Å². The van der Waals surface area contributed by atoms with Crippen molar-refractivity contribution < 1.29 is 23.1 Å². The van der Waals surface area contributed by atoms with Crippen LogP contribution in [0.2, 0.25) is 0 Å². The molecule has 7 nitrogen and oxygen atoms in total. The highest BCUT2D eigenvalue weighted by atomic mass is 32.2. The van der Waals surface area contributed by atoms with Crippen molar-refractivity contribution in [3.8, 4) is 5.75 Å². The largest absolute Gasteiger partial charge is 0.497 e. The van der Waals surface area contributed by atoms with Crippen LogP contribution in [0, 0.1) is 29.1 Å². The predicted molar refractivity (Wildman–Crippen MR) is 124 cm³/mol. The number of rotatable bonds is 7. The van der Waals surface area contributed by atoms with Crippen molar-refractivity contribution in [3.63, 3.8) is 0 Å². The van der Waals surface area contributed by atoms with E-state index in [4.69, 9.17) is 4.74 Å². The van der Waals surface area contributed by atoms with Crippen LogP contribution in [0.4, 0.5) is 0 Å². The first-order valence-corrected chi connectivity index (χ1v) is 13.4. The first kappa shape index (κ1) is 25.0. The lowest BCUT2D eigenvalue weighted by Crippen LogP contribution is -2.58. The molecule has 1 amide bonds. The second-order valence-electron chi connectivity index (χ2n) is 10.1. The van der Waals surface area contributed by atoms with E-state index in [0.717, 1.165) is 37.0 Å². The third kappa shape index (κ3) is 5.46. The number of methoxy groups -OCH3 is 1. The van der Waals surface area contributed by atoms with Gasteiger partial charge in [-0.2, -0.15) is 0 Å². The number of aliphatic hydroxyl groups is 1. The number of sulfonamides is 1. The molecule has 1 aromatic rings. The number of carbonyl (C=O) groups excluding carboxylic acids is 1. The number of benzene rings is 1. The molecule has 7 atom stereocenters. The highest BCUT2D eigenvalue weighted by Crippen LogP contribution is 2.55. The number of ether oxygens (including phenoxy) is 1. The normalized spacial score (nSPS) is 33.8. The first-order chi connectivity index (χ1) is 14.9. The van der Waals surface area contributed by atoms with E-state index in [9.17, 15) is 18.3 Å². The van der Waals surface area contributed by atoms with Gasteiger partial charge in [0.1, 0.15) is 5.75 Å². The van der Waals surface area contributed by atoms with E-state index in [1.807, 2.05) is 38.1 Å². The molecule has 1 aromatic carbocycles. The van der Waals surface area contributed by atoms with Crippen LogP contribution in [0.25, 0.3) is 0 Å². The van der Waals surface area contributed by atoms with E-state index in [1.54, 1.807) is 7.11 Å². The van der Waals surface area contributed by atoms with Crippen molar-refractivity contribution in [1.82, 2.24) is 10.0 Å². The molecule has 0 spiro atoms. The lowest BCUT2D eigenvalue weighted by molar-refractivity contribution is -0.141. The van der Waals surface area contributed by atoms with Gasteiger partial charge < -0.3 is 15.2 Å². The maximum absolute atomic E-state index is 12.9. The fraction of sp³-hybridized carbons (Fsp3) is 0.708. The van der Waals surface area contributed by atoms with Crippen LogP contribution >= 0.6 is 0 Å². The van der Waals surface area contributed by atoms with Crippen LogP contribution in [0.5, 0.6) is 5.75 Å². The summed E-state index contributed by atoms with van der Waals surface area (Å²) in [5.74, 6) is 0.170. The lowest BCUT2D eigenvalue weighted by atomic mass is 9.52. The minimum atomic E-state index is -3.32. The smallest absolute Gasteiger partial charge is 0.223 e. The summed E-state index contributed by atoms with van der Waals surface area (Å²) >= 11 is 0. The summed E-state index contributed by atoms with van der Waals surface area (Å²) in [6, 6.07) is 7.38. The molecule has 0 radical (unpaired) electrons. The molecule has 0 heterocycles. The summed E-state index contributed by atoms with van der Waals surface area (Å²) in [5, 5.41) is 14.4. The summed E-state index contributed by atoms with van der Waals surface area (Å²) in [5.41, 5.74) is 0.948. The van der Waals surface area contributed by atoms with E-state index >= 15 is 0 Å². The molecule has 3 rings (SSSR count). The molecule has 3 N–H and O–H groups in total. The number of hydrogen-bond acceptors (Lipinski definition) is 5. The average Bonchev–Trinajstić information content (AvgIpc) is 2.73. The highest BCUT2D eigenvalue weighted by Gasteiger charge is 2.53. The number of amides is 1. The van der Waals surface area contributed by atoms with Crippen LogP contribution in [-0.4, -0.2) is 44.9 Å². The summed E-state index contributed by atoms with van der Waals surface area (Å²) in [7, 11) is -1.70. The number of nitrogens with one attached hydrogen (secondary N) is 2. The summed E-state index contributed by atoms with van der Waals surface area (Å²) in [6.45, 7) is 6.55. The topological polar surface area (TPSA) is 105 Å². The van der Waals surface area contributed by atoms with Crippen molar-refractivity contribution in [3.05, 3.63) is 29.8 Å². The van der Waals surface area contributed by atoms with E-state index in [2.05, 4.69) is 17.0 Å². The molecule has 7 unspecified atom stereocenters. The fourth-order valence-electron chi connectivity index (χ4n) is 6.02. The number of fused-ring (bicyclic) bond motifs is 1. The van der Waals surface area contributed by atoms with Gasteiger partial charge in [0, 0.05) is 18.5 Å². The van der Waals surface area contributed by atoms with Crippen LogP contribution in [0.15, 0.2) is 24.3 Å². The van der Waals surface area contributed by atoms with E-state index in [1.165, 1.54) is 6.26 Å². The Hall–Kier alpha value is -1.64. The predicted octanol–water partition coefficient (Wildman–Crippen LogP) is 2.69. The Labute approximate surface area is 192 Å². The number of carbonyl (C=O) groups is 1. The van der Waals surface area contributed by atoms with Gasteiger partial charge in [-0.15, -0.1) is 0 Å². The molecular weight excluding hydrogens is 428 g/mol. The minimum absolute atomic E-state index is 0.00386. The molecule has 0 saturated heterocycles. The molecule has 0 aliphatic heterocycles. The van der Waals surface area contributed by atoms with Crippen LogP contribution in [-0.2, 0) is 21.4 Å². The van der Waals surface area contributed by atoms with Gasteiger partial charge in [0.2, 0.25) is 15.9 Å². The highest BCUT2D eigenvalue weighted by molar-refractivity contribution is 7.88. The summed E-state index contributed by atoms with van der Waals surface area (Å²) < 4.78 is 31.6. The Balaban J connectivity index is 1.66. The molecule has 2 aliphatic carbocycles. The van der Waals surface area contributed by atoms with Gasteiger partial charge in [0.15, 0.2) is 0 Å². The Morgan fingerprint density at radius 2 is 1.88 bits per heavy atom. The molecule has 32 heavy (non-hydrogen) atoms. The van der Waals surface area contributed by atoms with Gasteiger partial charge in [0.25, 0.3) is 0 Å². The Bertz CT molecular complexity index is 903. The minimum Gasteiger partial charge on any atom is -0.497 e. The van der Waals surface area contributed by atoms with E-state index in [-0.39, 0.29) is 41.0 Å². The van der Waals surface area contributed by atoms with Gasteiger partial charge in [0.05, 0.1) is 19.5 Å². The van der Waals surface area contributed by atoms with Gasteiger partial charge >= 0.3 is 0 Å². The summed E-state index contributed by atoms with van der Waals surface area (Å²) in [6.07, 6.45) is 3.92. The lowest BCUT2D eigenvalue weighted by Gasteiger charge is -2.56. The van der Waals surface area contributed by atoms with Crippen molar-refractivity contribution in [2.24, 2.45) is 29.1 Å². The molecule has 2 fully saturated rings. The molecule has 0 bridgehead atoms. The zero-order valence-electron chi connectivity index (χ0n) is 19.8. The van der Waals surface area contributed by atoms with Crippen molar-refractivity contribution in [1.29, 1.82) is 0 Å². The van der Waals surface area contributed by atoms with Crippen LogP contribution < -0.4 is 14.8 Å². The van der Waals surface area contributed by atoms with E-state index in [0.29, 0.717) is 6.54 Å². The van der Waals surface area contributed by atoms with Crippen molar-refractivity contribution in [2.45, 2.75) is 65.1 Å². The average molecular weight is 467 g/mol. The second kappa shape index (κ2) is 9.69. The molecule has 0 aromatic heterocycles. The van der Waals surface area contributed by atoms with Crippen molar-refractivity contribution in [2.75, 3.05) is 13.4 Å². The second-order valence-corrected chi connectivity index (χ2v) is 11.9. The standard InChI is InChI=1S/C24H38N2O5S/c1-15(23(28)25-14-17-6-8-18(31-4)9-7-17)19-10-12-24(3)13-11-20(26-32(5,29)30)16(2)21(24)22(19)27/h6-9,15-16,19-22,26-27H,10-14H2,1-5H3,(H,25,28). The number of aliphatic hydroxyl groups excluding tert-OH is 1. The van der Waals surface area contributed by atoms with Gasteiger partial charge in [-0.25, -0.2) is 13.1 Å². The Morgan fingerprint density at radius 3 is 2.47 bits per heavy atom. The third-order valence-corrected chi connectivity index (χ3v) is 8.67. The van der Waals surface area contributed by atoms with Gasteiger partial charge in [-0.1, -0.05) is 32.9 Å². The Morgan fingerprint density at radius 1 is 1.25 bits per heavy atom. The Kier molecular flexibility index (Phi) is 7.57. The SMILES string of the molecule is COc1ccc(CNC(=O)C(C)C2CCC3(C)CCC(NS(C)(=O)=O)C(C)C3C2O)cc1. The van der Waals surface area contributed by atoms with Crippen LogP contribution in [0.1, 0.15) is 52.0 Å². The summed E-state index contributed by atoms with van der Waals surface area (Å²) in [4.78, 5) is 12.9. The monoisotopic (exact) mass is 466 g/mol. The maximum atomic E-state index is 12.9. The molecule has 2 saturated carbocycles. The molecule has 8 heteroatoms. The van der Waals surface area contributed by atoms with Gasteiger partial charge in [-0.3, -0.25) is 4.79 Å². The molecule has 180 valence electrons. The quantitative estimate of drug-likeness (QED) is 0.573. The van der Waals surface area contributed by atoms with Crippen molar-refractivity contribution >= 4 is 15.9 Å². The first-order valence-electron chi connectivity index (χ1n) is 11.5. The van der Waals surface area contributed by atoms with E-state index < -0.39 is 16.1 Å². The number of hydrogen-bond donors (Lipinski definition) is 3. The zero-order chi connectivity index (χ0) is 23.7. The zero-order valence-corrected chi connectivity index (χ0v) is 20.6. The third-order valence-electron chi connectivity index (χ3n) is 7.93. The maximum Gasteiger partial charge on any atom is 0.223 e. The van der Waals surface area contributed by atoms with Crippen LogP contribution in [0.3, 0.4) is 0 Å². The fourth-order valence-corrected chi connectivity index (χ4v) is 6.91. The molecular formula is C24H38N2O5S. The molecule has 2 aliphatic rings.